The largest absolute Gasteiger partial charge is 0.768 e. The third-order valence-corrected chi connectivity index (χ3v) is 6.03. The third-order valence-electron chi connectivity index (χ3n) is 4.33. The van der Waals surface area contributed by atoms with Crippen molar-refractivity contribution in [2.75, 3.05) is 6.61 Å². The number of carbonyl (C=O) groups is 1. The second-order valence-electron chi connectivity index (χ2n) is 6.26. The highest BCUT2D eigenvalue weighted by Gasteiger charge is 2.56. The van der Waals surface area contributed by atoms with E-state index in [1.54, 1.807) is 12.1 Å². The molecule has 0 saturated heterocycles. The summed E-state index contributed by atoms with van der Waals surface area (Å²) in [6, 6.07) is 7.42. The lowest BCUT2D eigenvalue weighted by Crippen LogP contribution is -2.41. The van der Waals surface area contributed by atoms with E-state index in [1.807, 2.05) is 0 Å². The molecule has 11 heteroatoms. The lowest BCUT2D eigenvalue weighted by Gasteiger charge is -2.16. The zero-order valence-corrected chi connectivity index (χ0v) is 18.0. The molecule has 1 fully saturated rings. The fraction of sp³-hybridized carbons (Fsp3) is 0.235. The van der Waals surface area contributed by atoms with Gasteiger partial charge in [0.2, 0.25) is 5.91 Å². The van der Waals surface area contributed by atoms with Crippen LogP contribution in [0.4, 0.5) is 0 Å². The molecule has 0 heterocycles. The Morgan fingerprint density at radius 3 is 2.50 bits per heavy atom. The molecule has 0 radical (unpaired) electrons. The maximum atomic E-state index is 11.6. The average Bonchev–Trinajstić information content (AvgIpc) is 3.28. The van der Waals surface area contributed by atoms with E-state index in [-0.39, 0.29) is 44.7 Å². The first-order valence-corrected chi connectivity index (χ1v) is 10.5. The van der Waals surface area contributed by atoms with Gasteiger partial charge in [0.25, 0.3) is 0 Å². The minimum Gasteiger partial charge on any atom is -0.768 e. The van der Waals surface area contributed by atoms with Crippen LogP contribution in [0.1, 0.15) is 6.42 Å². The van der Waals surface area contributed by atoms with Gasteiger partial charge in [-0.3, -0.25) is 9.00 Å². The highest BCUT2D eigenvalue weighted by molar-refractivity contribution is 9.10. The van der Waals surface area contributed by atoms with E-state index >= 15 is 0 Å². The highest BCUT2D eigenvalue weighted by atomic mass is 79.9. The van der Waals surface area contributed by atoms with Crippen molar-refractivity contribution in [3.05, 3.63) is 44.8 Å². The standard InChI is InChI=1S/C17H15BrCl2N2O5S/c18-9-3-11(19)15(12(20)4-9)27-10-1-2-13(14(5-10)28(24)25)26-7-8-6-17(8,22)16(21)23/h1-5,8H,6-7,22H2,(H2,21,23)(H,24,25)/p-1. The zero-order chi connectivity index (χ0) is 20.6. The predicted octanol–water partition coefficient (Wildman–Crippen LogP) is 3.37. The number of benzene rings is 2. The van der Waals surface area contributed by atoms with Crippen LogP contribution in [0, 0.1) is 5.92 Å². The molecule has 0 aliphatic heterocycles. The Kier molecular flexibility index (Phi) is 6.23. The molecule has 150 valence electrons. The van der Waals surface area contributed by atoms with Crippen LogP contribution in [0.5, 0.6) is 17.2 Å². The fourth-order valence-electron chi connectivity index (χ4n) is 2.59. The molecule has 3 atom stereocenters. The summed E-state index contributed by atoms with van der Waals surface area (Å²) in [6.07, 6.45) is 0.389. The minimum atomic E-state index is -2.60. The first-order valence-electron chi connectivity index (χ1n) is 7.89. The Bertz CT molecular complexity index is 954. The van der Waals surface area contributed by atoms with Gasteiger partial charge in [-0.25, -0.2) is 0 Å². The van der Waals surface area contributed by atoms with Crippen LogP contribution in [0.15, 0.2) is 39.7 Å². The number of ether oxygens (including phenoxy) is 2. The normalized spacial score (nSPS) is 21.8. The van der Waals surface area contributed by atoms with Gasteiger partial charge >= 0.3 is 0 Å². The van der Waals surface area contributed by atoms with Gasteiger partial charge in [0.05, 0.1) is 21.5 Å². The Hall–Kier alpha value is -1.36. The second-order valence-corrected chi connectivity index (χ2v) is 8.90. The third kappa shape index (κ3) is 4.45. The van der Waals surface area contributed by atoms with Crippen molar-refractivity contribution in [2.45, 2.75) is 16.9 Å². The topological polar surface area (TPSA) is 128 Å². The number of carbonyl (C=O) groups excluding carboxylic acids is 1. The van der Waals surface area contributed by atoms with E-state index in [2.05, 4.69) is 15.9 Å². The van der Waals surface area contributed by atoms with Crippen molar-refractivity contribution < 1.29 is 23.0 Å². The van der Waals surface area contributed by atoms with Gasteiger partial charge in [0.15, 0.2) is 5.75 Å². The Morgan fingerprint density at radius 2 is 1.96 bits per heavy atom. The number of halogens is 3. The minimum absolute atomic E-state index is 0.0637. The summed E-state index contributed by atoms with van der Waals surface area (Å²) in [5.41, 5.74) is 9.95. The maximum Gasteiger partial charge on any atom is 0.237 e. The lowest BCUT2D eigenvalue weighted by molar-refractivity contribution is -0.120. The molecule has 2 aromatic rings. The van der Waals surface area contributed by atoms with Crippen molar-refractivity contribution in [1.82, 2.24) is 0 Å². The summed E-state index contributed by atoms with van der Waals surface area (Å²) in [6.45, 7) is 0.0637. The monoisotopic (exact) mass is 507 g/mol. The molecule has 0 spiro atoms. The number of hydrogen-bond acceptors (Lipinski definition) is 6. The Balaban J connectivity index is 1.78. The number of primary amides is 1. The lowest BCUT2D eigenvalue weighted by atomic mass is 10.2. The first kappa shape index (κ1) is 21.4. The van der Waals surface area contributed by atoms with Crippen molar-refractivity contribution in [3.63, 3.8) is 0 Å². The van der Waals surface area contributed by atoms with Crippen molar-refractivity contribution in [3.8, 4) is 17.2 Å². The predicted molar refractivity (Wildman–Crippen MR) is 108 cm³/mol. The summed E-state index contributed by atoms with van der Waals surface area (Å²) >= 11 is 12.9. The molecule has 0 aromatic heterocycles. The van der Waals surface area contributed by atoms with Gasteiger partial charge in [-0.05, 0) is 47.8 Å². The maximum absolute atomic E-state index is 11.6. The van der Waals surface area contributed by atoms with Gasteiger partial charge in [-0.1, -0.05) is 39.1 Å². The van der Waals surface area contributed by atoms with Crippen LogP contribution in [0.3, 0.4) is 0 Å². The van der Waals surface area contributed by atoms with Crippen LogP contribution in [-0.4, -0.2) is 26.8 Å². The van der Waals surface area contributed by atoms with E-state index < -0.39 is 22.5 Å². The molecular formula is C17H14BrCl2N2O5S-. The van der Waals surface area contributed by atoms with Crippen molar-refractivity contribution in [2.24, 2.45) is 17.4 Å². The second kappa shape index (κ2) is 8.17. The van der Waals surface area contributed by atoms with E-state index in [0.717, 1.165) is 0 Å². The SMILES string of the molecule is NC(=O)C1(N)CC1COc1ccc(Oc2c(Cl)cc(Br)cc2Cl)cc1S(=O)[O-]. The van der Waals surface area contributed by atoms with Crippen LogP contribution in [0.2, 0.25) is 10.0 Å². The van der Waals surface area contributed by atoms with Gasteiger partial charge in [0, 0.05) is 10.4 Å². The van der Waals surface area contributed by atoms with Crippen LogP contribution in [-0.2, 0) is 15.9 Å². The molecular weight excluding hydrogens is 495 g/mol. The quantitative estimate of drug-likeness (QED) is 0.552. The van der Waals surface area contributed by atoms with Crippen LogP contribution >= 0.6 is 39.1 Å². The molecule has 1 aliphatic rings. The average molecular weight is 509 g/mol. The van der Waals surface area contributed by atoms with Gasteiger partial charge in [-0.15, -0.1) is 0 Å². The summed E-state index contributed by atoms with van der Waals surface area (Å²) in [4.78, 5) is 11.2. The van der Waals surface area contributed by atoms with Gasteiger partial charge in [0.1, 0.15) is 17.0 Å². The zero-order valence-electron chi connectivity index (χ0n) is 14.1. The van der Waals surface area contributed by atoms with E-state index in [1.165, 1.54) is 18.2 Å². The fourth-order valence-corrected chi connectivity index (χ4v) is 4.38. The first-order chi connectivity index (χ1) is 13.1. The molecule has 28 heavy (non-hydrogen) atoms. The van der Waals surface area contributed by atoms with Crippen LogP contribution < -0.4 is 20.9 Å². The molecule has 1 saturated carbocycles. The van der Waals surface area contributed by atoms with E-state index in [4.69, 9.17) is 44.1 Å². The summed E-state index contributed by atoms with van der Waals surface area (Å²) in [7, 11) is 0. The molecule has 2 aromatic carbocycles. The number of hydrogen-bond donors (Lipinski definition) is 2. The Labute approximate surface area is 181 Å². The molecule has 1 amide bonds. The summed E-state index contributed by atoms with van der Waals surface area (Å²) in [5, 5.41) is 0.507. The van der Waals surface area contributed by atoms with Crippen LogP contribution in [0.25, 0.3) is 0 Å². The molecule has 3 rings (SSSR count). The number of nitrogens with two attached hydrogens (primary N) is 2. The molecule has 1 aliphatic carbocycles. The number of rotatable bonds is 7. The van der Waals surface area contributed by atoms with Gasteiger partial charge in [-0.2, -0.15) is 0 Å². The molecule has 4 N–H and O–H groups in total. The smallest absolute Gasteiger partial charge is 0.237 e. The molecule has 7 nitrogen and oxygen atoms in total. The van der Waals surface area contributed by atoms with E-state index in [0.29, 0.717) is 10.9 Å². The highest BCUT2D eigenvalue weighted by Crippen LogP contribution is 2.42. The molecule has 3 unspecified atom stereocenters. The number of amides is 1. The van der Waals surface area contributed by atoms with Gasteiger partial charge < -0.3 is 25.5 Å². The summed E-state index contributed by atoms with van der Waals surface area (Å²) < 4.78 is 35.1. The Morgan fingerprint density at radius 1 is 1.32 bits per heavy atom. The van der Waals surface area contributed by atoms with Crippen molar-refractivity contribution >= 4 is 56.1 Å². The summed E-state index contributed by atoms with van der Waals surface area (Å²) in [5.74, 6) is -0.382. The molecule has 0 bridgehead atoms. The van der Waals surface area contributed by atoms with E-state index in [9.17, 15) is 13.6 Å². The van der Waals surface area contributed by atoms with Crippen molar-refractivity contribution in [1.29, 1.82) is 0 Å².